The van der Waals surface area contributed by atoms with E-state index in [0.717, 1.165) is 10.2 Å². The molecule has 0 aliphatic rings. The minimum absolute atomic E-state index is 0.510. The summed E-state index contributed by atoms with van der Waals surface area (Å²) in [6, 6.07) is 6.90. The molecule has 0 saturated heterocycles. The van der Waals surface area contributed by atoms with E-state index in [-0.39, 0.29) is 0 Å². The Balaban J connectivity index is 2.31. The topological polar surface area (TPSA) is 24.9 Å². The molecule has 0 aliphatic heterocycles. The number of nitrogens with zero attached hydrogens (tertiary/aromatic N) is 1. The van der Waals surface area contributed by atoms with Gasteiger partial charge in [0.25, 0.3) is 0 Å². The Kier molecular flexibility index (Phi) is 4.15. The molecular weight excluding hydrogens is 346 g/mol. The highest BCUT2D eigenvalue weighted by molar-refractivity contribution is 9.10. The zero-order valence-corrected chi connectivity index (χ0v) is 12.2. The van der Waals surface area contributed by atoms with Crippen molar-refractivity contribution in [2.75, 3.05) is 5.32 Å². The number of nitrogens with one attached hydrogen (secondary N) is 1. The monoisotopic (exact) mass is 350 g/mol. The third kappa shape index (κ3) is 3.49. The van der Waals surface area contributed by atoms with Gasteiger partial charge in [0, 0.05) is 26.4 Å². The first kappa shape index (κ1) is 13.0. The molecule has 2 rings (SSSR count). The Morgan fingerprint density at radius 2 is 1.65 bits per heavy atom. The summed E-state index contributed by atoms with van der Waals surface area (Å²) >= 11 is 21.1. The average Bonchev–Trinajstić information content (AvgIpc) is 2.21. The molecule has 1 heterocycles. The first-order valence-electron chi connectivity index (χ1n) is 4.59. The van der Waals surface area contributed by atoms with Crippen LogP contribution >= 0.6 is 50.7 Å². The van der Waals surface area contributed by atoms with Crippen LogP contribution in [0.2, 0.25) is 15.1 Å². The summed E-state index contributed by atoms with van der Waals surface area (Å²) in [6.07, 6.45) is 1.65. The van der Waals surface area contributed by atoms with Crippen molar-refractivity contribution in [3.8, 4) is 0 Å². The molecule has 0 saturated carbocycles. The number of pyridine rings is 1. The Labute approximate surface area is 122 Å². The van der Waals surface area contributed by atoms with E-state index in [1.54, 1.807) is 30.5 Å². The molecule has 0 atom stereocenters. The molecular formula is C11H6BrCl3N2. The van der Waals surface area contributed by atoms with Crippen molar-refractivity contribution < 1.29 is 0 Å². The summed E-state index contributed by atoms with van der Waals surface area (Å²) in [5, 5.41) is 4.66. The van der Waals surface area contributed by atoms with E-state index >= 15 is 0 Å². The second kappa shape index (κ2) is 5.44. The standard InChI is InChI=1S/C11H6BrCl3N2/c12-6-1-10(15)11(16-5-6)17-9-3-7(13)2-8(14)4-9/h1-5H,(H,16,17). The molecule has 6 heteroatoms. The zero-order chi connectivity index (χ0) is 12.4. The van der Waals surface area contributed by atoms with Crippen molar-refractivity contribution in [2.45, 2.75) is 0 Å². The van der Waals surface area contributed by atoms with Gasteiger partial charge in [-0.05, 0) is 40.2 Å². The molecule has 0 fully saturated rings. The zero-order valence-electron chi connectivity index (χ0n) is 8.35. The number of hydrogen-bond acceptors (Lipinski definition) is 2. The molecule has 2 nitrogen and oxygen atoms in total. The number of hydrogen-bond donors (Lipinski definition) is 1. The molecule has 88 valence electrons. The summed E-state index contributed by atoms with van der Waals surface area (Å²) in [5.74, 6) is 0.549. The molecule has 0 radical (unpaired) electrons. The molecule has 0 unspecified atom stereocenters. The van der Waals surface area contributed by atoms with E-state index in [1.165, 1.54) is 0 Å². The Hall–Kier alpha value is -0.480. The van der Waals surface area contributed by atoms with Crippen LogP contribution in [0.5, 0.6) is 0 Å². The van der Waals surface area contributed by atoms with E-state index in [1.807, 2.05) is 0 Å². The fraction of sp³-hybridized carbons (Fsp3) is 0. The Morgan fingerprint density at radius 3 is 2.24 bits per heavy atom. The van der Waals surface area contributed by atoms with E-state index in [2.05, 4.69) is 26.2 Å². The van der Waals surface area contributed by atoms with E-state index in [4.69, 9.17) is 34.8 Å². The van der Waals surface area contributed by atoms with Gasteiger partial charge >= 0.3 is 0 Å². The molecule has 1 N–H and O–H groups in total. The van der Waals surface area contributed by atoms with Crippen LogP contribution in [0.1, 0.15) is 0 Å². The number of benzene rings is 1. The summed E-state index contributed by atoms with van der Waals surface area (Å²) in [4.78, 5) is 4.16. The van der Waals surface area contributed by atoms with Gasteiger partial charge < -0.3 is 5.32 Å². The molecule has 0 bridgehead atoms. The SMILES string of the molecule is Clc1cc(Cl)cc(Nc2ncc(Br)cc2Cl)c1. The third-order valence-electron chi connectivity index (χ3n) is 1.93. The lowest BCUT2D eigenvalue weighted by molar-refractivity contribution is 1.29. The first-order valence-corrected chi connectivity index (χ1v) is 6.51. The van der Waals surface area contributed by atoms with E-state index < -0.39 is 0 Å². The van der Waals surface area contributed by atoms with Crippen molar-refractivity contribution in [3.63, 3.8) is 0 Å². The molecule has 0 amide bonds. The van der Waals surface area contributed by atoms with Gasteiger partial charge in [0.2, 0.25) is 0 Å². The van der Waals surface area contributed by atoms with Crippen LogP contribution in [0.15, 0.2) is 34.9 Å². The number of rotatable bonds is 2. The fourth-order valence-corrected chi connectivity index (χ4v) is 2.47. The predicted molar refractivity (Wildman–Crippen MR) is 76.7 cm³/mol. The van der Waals surface area contributed by atoms with Crippen LogP contribution < -0.4 is 5.32 Å². The molecule has 1 aromatic heterocycles. The van der Waals surface area contributed by atoms with Gasteiger partial charge in [-0.2, -0.15) is 0 Å². The Morgan fingerprint density at radius 1 is 1.00 bits per heavy atom. The number of halogens is 4. The maximum absolute atomic E-state index is 6.04. The van der Waals surface area contributed by atoms with Crippen molar-refractivity contribution in [1.29, 1.82) is 0 Å². The largest absolute Gasteiger partial charge is 0.339 e. The lowest BCUT2D eigenvalue weighted by Crippen LogP contribution is -1.94. The lowest BCUT2D eigenvalue weighted by atomic mass is 10.3. The normalized spacial score (nSPS) is 10.4. The van der Waals surface area contributed by atoms with Gasteiger partial charge in [-0.3, -0.25) is 0 Å². The van der Waals surface area contributed by atoms with Crippen LogP contribution in [0.4, 0.5) is 11.5 Å². The summed E-state index contributed by atoms with van der Waals surface area (Å²) in [5.41, 5.74) is 0.735. The highest BCUT2D eigenvalue weighted by atomic mass is 79.9. The van der Waals surface area contributed by atoms with Gasteiger partial charge in [-0.15, -0.1) is 0 Å². The maximum atomic E-state index is 6.04. The summed E-state index contributed by atoms with van der Waals surface area (Å²) in [7, 11) is 0. The quantitative estimate of drug-likeness (QED) is 0.767. The van der Waals surface area contributed by atoms with Crippen LogP contribution in [0.25, 0.3) is 0 Å². The second-order valence-corrected chi connectivity index (χ2v) is 5.46. The van der Waals surface area contributed by atoms with Crippen LogP contribution in [-0.2, 0) is 0 Å². The molecule has 17 heavy (non-hydrogen) atoms. The van der Waals surface area contributed by atoms with Gasteiger partial charge in [-0.1, -0.05) is 34.8 Å². The highest BCUT2D eigenvalue weighted by Gasteiger charge is 2.04. The fourth-order valence-electron chi connectivity index (χ4n) is 1.27. The lowest BCUT2D eigenvalue weighted by Gasteiger charge is -2.08. The van der Waals surface area contributed by atoms with Gasteiger partial charge in [0.1, 0.15) is 5.82 Å². The second-order valence-electron chi connectivity index (χ2n) is 3.27. The minimum Gasteiger partial charge on any atom is -0.339 e. The van der Waals surface area contributed by atoms with Crippen LogP contribution in [-0.4, -0.2) is 4.98 Å². The van der Waals surface area contributed by atoms with Crippen molar-refractivity contribution in [2.24, 2.45) is 0 Å². The predicted octanol–water partition coefficient (Wildman–Crippen LogP) is 5.55. The first-order chi connectivity index (χ1) is 8.04. The van der Waals surface area contributed by atoms with Crippen molar-refractivity contribution in [1.82, 2.24) is 4.98 Å². The molecule has 0 spiro atoms. The van der Waals surface area contributed by atoms with Crippen LogP contribution in [0.3, 0.4) is 0 Å². The van der Waals surface area contributed by atoms with Crippen LogP contribution in [0, 0.1) is 0 Å². The highest BCUT2D eigenvalue weighted by Crippen LogP contribution is 2.28. The molecule has 0 aliphatic carbocycles. The molecule has 1 aromatic carbocycles. The number of anilines is 2. The average molecular weight is 352 g/mol. The summed E-state index contributed by atoms with van der Waals surface area (Å²) < 4.78 is 0.817. The van der Waals surface area contributed by atoms with Gasteiger partial charge in [0.05, 0.1) is 5.02 Å². The van der Waals surface area contributed by atoms with Crippen molar-refractivity contribution in [3.05, 3.63) is 50.0 Å². The summed E-state index contributed by atoms with van der Waals surface area (Å²) in [6.45, 7) is 0. The van der Waals surface area contributed by atoms with Gasteiger partial charge in [-0.25, -0.2) is 4.98 Å². The maximum Gasteiger partial charge on any atom is 0.149 e. The third-order valence-corrected chi connectivity index (χ3v) is 3.09. The van der Waals surface area contributed by atoms with E-state index in [9.17, 15) is 0 Å². The minimum atomic E-state index is 0.510. The Bertz CT molecular complexity index is 540. The van der Waals surface area contributed by atoms with Crippen molar-refractivity contribution >= 4 is 62.2 Å². The van der Waals surface area contributed by atoms with E-state index in [0.29, 0.717) is 20.9 Å². The number of aromatic nitrogens is 1. The smallest absolute Gasteiger partial charge is 0.149 e. The molecule has 2 aromatic rings. The van der Waals surface area contributed by atoms with Gasteiger partial charge in [0.15, 0.2) is 0 Å².